The predicted molar refractivity (Wildman–Crippen MR) is 96.4 cm³/mol. The minimum atomic E-state index is -0.554. The average molecular weight is 400 g/mol. The summed E-state index contributed by atoms with van der Waals surface area (Å²) in [6, 6.07) is 0. The van der Waals surface area contributed by atoms with Crippen LogP contribution in [0.3, 0.4) is 0 Å². The van der Waals surface area contributed by atoms with Crippen LogP contribution >= 0.6 is 22.9 Å². The van der Waals surface area contributed by atoms with Crippen LogP contribution in [-0.4, -0.2) is 33.7 Å². The summed E-state index contributed by atoms with van der Waals surface area (Å²) >= 11 is 8.02. The molecule has 2 atom stereocenters. The van der Waals surface area contributed by atoms with Gasteiger partial charge < -0.3 is 4.74 Å². The van der Waals surface area contributed by atoms with Gasteiger partial charge in [0.15, 0.2) is 5.13 Å². The first-order valence-corrected chi connectivity index (χ1v) is 10.1. The third-order valence-corrected chi connectivity index (χ3v) is 7.10. The smallest absolute Gasteiger partial charge is 0.413 e. The van der Waals surface area contributed by atoms with Gasteiger partial charge in [0.05, 0.1) is 18.7 Å². The number of nitrogens with one attached hydrogen (secondary N) is 2. The number of thiazole rings is 1. The molecule has 4 aliphatic rings. The highest BCUT2D eigenvalue weighted by atomic mass is 35.5. The molecule has 9 heteroatoms. The van der Waals surface area contributed by atoms with Gasteiger partial charge in [0.1, 0.15) is 0 Å². The number of alkyl halides is 1. The Balaban J connectivity index is 1.31. The van der Waals surface area contributed by atoms with E-state index in [2.05, 4.69) is 10.3 Å². The number of hydrogen-bond donors (Lipinski definition) is 3. The first kappa shape index (κ1) is 18.0. The van der Waals surface area contributed by atoms with Gasteiger partial charge in [-0.2, -0.15) is 0 Å². The molecule has 4 saturated carbocycles. The van der Waals surface area contributed by atoms with E-state index in [1.807, 2.05) is 0 Å². The van der Waals surface area contributed by atoms with Crippen LogP contribution in [0.15, 0.2) is 5.38 Å². The number of hydrogen-bond acceptors (Lipinski definition) is 6. The lowest BCUT2D eigenvalue weighted by molar-refractivity contribution is -0.128. The number of carbonyl (C=O) groups excluding carboxylic acids is 2. The molecule has 5 rings (SSSR count). The Morgan fingerprint density at radius 2 is 2.08 bits per heavy atom. The molecule has 26 heavy (non-hydrogen) atoms. The molecule has 0 radical (unpaired) electrons. The minimum Gasteiger partial charge on any atom is -0.449 e. The molecule has 2 unspecified atom stereocenters. The maximum absolute atomic E-state index is 12.2. The number of halogens is 1. The highest BCUT2D eigenvalue weighted by molar-refractivity contribution is 7.13. The number of hydroxylamine groups is 1. The SMILES string of the molecule is O=C(Cc1csc(NC(=O)OCC23CC4CC(CC(Cl)(C4)C2)C3)n1)NO. The normalized spacial score (nSPS) is 34.5. The summed E-state index contributed by atoms with van der Waals surface area (Å²) in [4.78, 5) is 27.3. The Morgan fingerprint density at radius 3 is 2.73 bits per heavy atom. The van der Waals surface area contributed by atoms with Crippen LogP contribution < -0.4 is 10.8 Å². The molecular formula is C17H22ClN3O4S. The molecule has 142 valence electrons. The van der Waals surface area contributed by atoms with Gasteiger partial charge in [-0.3, -0.25) is 15.3 Å². The quantitative estimate of drug-likeness (QED) is 0.400. The van der Waals surface area contributed by atoms with Gasteiger partial charge >= 0.3 is 6.09 Å². The maximum Gasteiger partial charge on any atom is 0.413 e. The number of anilines is 1. The van der Waals surface area contributed by atoms with Gasteiger partial charge in [0.25, 0.3) is 0 Å². The third kappa shape index (κ3) is 3.68. The lowest BCUT2D eigenvalue weighted by Crippen LogP contribution is -2.54. The van der Waals surface area contributed by atoms with E-state index >= 15 is 0 Å². The van der Waals surface area contributed by atoms with E-state index in [1.54, 1.807) is 10.9 Å². The van der Waals surface area contributed by atoms with Crippen LogP contribution in [0.25, 0.3) is 0 Å². The van der Waals surface area contributed by atoms with Crippen LogP contribution in [-0.2, 0) is 16.0 Å². The molecule has 0 aromatic carbocycles. The molecule has 4 bridgehead atoms. The van der Waals surface area contributed by atoms with Crippen molar-refractivity contribution in [1.82, 2.24) is 10.5 Å². The molecule has 0 saturated heterocycles. The fourth-order valence-electron chi connectivity index (χ4n) is 5.50. The molecule has 4 fully saturated rings. The van der Waals surface area contributed by atoms with E-state index in [4.69, 9.17) is 21.5 Å². The van der Waals surface area contributed by atoms with Gasteiger partial charge in [-0.15, -0.1) is 22.9 Å². The zero-order valence-electron chi connectivity index (χ0n) is 14.3. The van der Waals surface area contributed by atoms with E-state index in [9.17, 15) is 9.59 Å². The van der Waals surface area contributed by atoms with Gasteiger partial charge in [0, 0.05) is 15.7 Å². The van der Waals surface area contributed by atoms with E-state index in [-0.39, 0.29) is 16.7 Å². The van der Waals surface area contributed by atoms with Crippen LogP contribution in [0.2, 0.25) is 0 Å². The molecule has 2 amide bonds. The minimum absolute atomic E-state index is 0.0242. The van der Waals surface area contributed by atoms with Crippen molar-refractivity contribution >= 4 is 40.1 Å². The van der Waals surface area contributed by atoms with Gasteiger partial charge in [-0.25, -0.2) is 15.3 Å². The van der Waals surface area contributed by atoms with Crippen molar-refractivity contribution in [3.8, 4) is 0 Å². The second-order valence-electron chi connectivity index (χ2n) is 8.17. The van der Waals surface area contributed by atoms with Crippen LogP contribution in [0.4, 0.5) is 9.93 Å². The summed E-state index contributed by atoms with van der Waals surface area (Å²) in [5, 5.41) is 13.2. The molecule has 4 aliphatic carbocycles. The highest BCUT2D eigenvalue weighted by Crippen LogP contribution is 2.63. The molecular weight excluding hydrogens is 378 g/mol. The molecule has 0 aliphatic heterocycles. The summed E-state index contributed by atoms with van der Waals surface area (Å²) in [6.07, 6.45) is 6.02. The summed E-state index contributed by atoms with van der Waals surface area (Å²) in [5.74, 6) is 0.778. The first-order chi connectivity index (χ1) is 12.4. The van der Waals surface area contributed by atoms with Crippen molar-refractivity contribution < 1.29 is 19.5 Å². The number of amides is 2. The van der Waals surface area contributed by atoms with Crippen molar-refractivity contribution in [2.75, 3.05) is 11.9 Å². The highest BCUT2D eigenvalue weighted by Gasteiger charge is 2.57. The van der Waals surface area contributed by atoms with Gasteiger partial charge in [-0.1, -0.05) is 0 Å². The summed E-state index contributed by atoms with van der Waals surface area (Å²) < 4.78 is 5.53. The summed E-state index contributed by atoms with van der Waals surface area (Å²) in [5.41, 5.74) is 2.05. The lowest BCUT2D eigenvalue weighted by Gasteiger charge is -2.59. The van der Waals surface area contributed by atoms with E-state index in [0.29, 0.717) is 29.3 Å². The third-order valence-electron chi connectivity index (χ3n) is 5.85. The van der Waals surface area contributed by atoms with Crippen molar-refractivity contribution in [2.24, 2.45) is 17.3 Å². The Bertz CT molecular complexity index is 711. The number of rotatable bonds is 5. The number of ether oxygens (including phenoxy) is 1. The molecule has 1 aromatic rings. The zero-order valence-corrected chi connectivity index (χ0v) is 15.9. The van der Waals surface area contributed by atoms with E-state index < -0.39 is 12.0 Å². The first-order valence-electron chi connectivity index (χ1n) is 8.87. The number of carbonyl (C=O) groups is 2. The number of nitrogens with zero attached hydrogens (tertiary/aromatic N) is 1. The summed E-state index contributed by atoms with van der Waals surface area (Å²) in [6.45, 7) is 0.394. The average Bonchev–Trinajstić information content (AvgIpc) is 2.97. The predicted octanol–water partition coefficient (Wildman–Crippen LogP) is 3.32. The lowest BCUT2D eigenvalue weighted by atomic mass is 9.49. The molecule has 0 spiro atoms. The van der Waals surface area contributed by atoms with Crippen LogP contribution in [0, 0.1) is 17.3 Å². The fourth-order valence-corrected chi connectivity index (χ4v) is 6.91. The topological polar surface area (TPSA) is 101 Å². The Labute approximate surface area is 160 Å². The zero-order chi connectivity index (χ0) is 18.4. The molecule has 7 nitrogen and oxygen atoms in total. The second-order valence-corrected chi connectivity index (χ2v) is 9.83. The Morgan fingerprint density at radius 1 is 1.35 bits per heavy atom. The van der Waals surface area contributed by atoms with Crippen LogP contribution in [0.5, 0.6) is 0 Å². The largest absolute Gasteiger partial charge is 0.449 e. The van der Waals surface area contributed by atoms with Crippen molar-refractivity contribution in [3.05, 3.63) is 11.1 Å². The van der Waals surface area contributed by atoms with Crippen LogP contribution in [0.1, 0.15) is 44.2 Å². The van der Waals surface area contributed by atoms with E-state index in [0.717, 1.165) is 32.1 Å². The Kier molecular flexibility index (Phi) is 4.61. The van der Waals surface area contributed by atoms with Gasteiger partial charge in [0.2, 0.25) is 5.91 Å². The Hall–Kier alpha value is -1.38. The number of aromatic nitrogens is 1. The monoisotopic (exact) mass is 399 g/mol. The van der Waals surface area contributed by atoms with Crippen molar-refractivity contribution in [3.63, 3.8) is 0 Å². The van der Waals surface area contributed by atoms with E-state index in [1.165, 1.54) is 17.8 Å². The van der Waals surface area contributed by atoms with Crippen molar-refractivity contribution in [1.29, 1.82) is 0 Å². The molecule has 1 heterocycles. The molecule has 1 aromatic heterocycles. The fraction of sp³-hybridized carbons (Fsp3) is 0.706. The summed E-state index contributed by atoms with van der Waals surface area (Å²) in [7, 11) is 0. The second kappa shape index (κ2) is 6.65. The standard InChI is InChI=1S/C17H22ClN3O4S/c18-17-5-10-1-11(6-17)4-16(3-10,8-17)9-25-15(23)20-14-19-12(7-26-14)2-13(22)21-24/h7,10-11,24H,1-6,8-9H2,(H,21,22)(H,19,20,23). The molecule has 3 N–H and O–H groups in total. The maximum atomic E-state index is 12.2. The van der Waals surface area contributed by atoms with Gasteiger partial charge in [-0.05, 0) is 50.4 Å². The van der Waals surface area contributed by atoms with Crippen molar-refractivity contribution in [2.45, 2.75) is 49.8 Å².